The minimum absolute atomic E-state index is 0.405. The van der Waals surface area contributed by atoms with E-state index in [4.69, 9.17) is 16.9 Å². The van der Waals surface area contributed by atoms with Crippen molar-refractivity contribution in [3.63, 3.8) is 0 Å². The van der Waals surface area contributed by atoms with Gasteiger partial charge in [0.25, 0.3) is 0 Å². The standard InChI is InChI=1S/C13H16ClN3/c14-11-3-1-5-13(9-11)17-8-2-4-12(10-17)16-7-6-15/h1,3,5,9,12,16H,2,4,7-8,10H2. The lowest BCUT2D eigenvalue weighted by molar-refractivity contribution is 0.439. The van der Waals surface area contributed by atoms with Gasteiger partial charge in [-0.25, -0.2) is 0 Å². The number of nitrogens with zero attached hydrogens (tertiary/aromatic N) is 2. The molecule has 1 aliphatic rings. The summed E-state index contributed by atoms with van der Waals surface area (Å²) in [6, 6.07) is 10.5. The van der Waals surface area contributed by atoms with E-state index in [2.05, 4.69) is 22.4 Å². The molecule has 0 saturated carbocycles. The van der Waals surface area contributed by atoms with Crippen LogP contribution in [0.25, 0.3) is 0 Å². The molecule has 1 N–H and O–H groups in total. The van der Waals surface area contributed by atoms with Crippen molar-refractivity contribution in [3.05, 3.63) is 29.3 Å². The minimum atomic E-state index is 0.405. The molecule has 1 aliphatic heterocycles. The molecule has 0 amide bonds. The zero-order valence-electron chi connectivity index (χ0n) is 9.69. The Morgan fingerprint density at radius 2 is 2.41 bits per heavy atom. The van der Waals surface area contributed by atoms with E-state index in [9.17, 15) is 0 Å². The van der Waals surface area contributed by atoms with Crippen LogP contribution in [0.2, 0.25) is 5.02 Å². The van der Waals surface area contributed by atoms with Gasteiger partial charge < -0.3 is 4.90 Å². The van der Waals surface area contributed by atoms with Gasteiger partial charge in [-0.1, -0.05) is 17.7 Å². The van der Waals surface area contributed by atoms with Crippen LogP contribution in [0.4, 0.5) is 5.69 Å². The van der Waals surface area contributed by atoms with Crippen LogP contribution in [0.5, 0.6) is 0 Å². The van der Waals surface area contributed by atoms with E-state index in [0.29, 0.717) is 12.6 Å². The molecule has 1 aromatic carbocycles. The summed E-state index contributed by atoms with van der Waals surface area (Å²) in [5, 5.41) is 12.6. The summed E-state index contributed by atoms with van der Waals surface area (Å²) < 4.78 is 0. The predicted octanol–water partition coefficient (Wildman–Crippen LogP) is 2.42. The lowest BCUT2D eigenvalue weighted by Crippen LogP contribution is -2.45. The average molecular weight is 250 g/mol. The fourth-order valence-corrected chi connectivity index (χ4v) is 2.43. The summed E-state index contributed by atoms with van der Waals surface area (Å²) in [6.07, 6.45) is 2.29. The molecular weight excluding hydrogens is 234 g/mol. The largest absolute Gasteiger partial charge is 0.370 e. The first-order valence-electron chi connectivity index (χ1n) is 5.90. The SMILES string of the molecule is N#CCNC1CCCN(c2cccc(Cl)c2)C1. The van der Waals surface area contributed by atoms with Gasteiger partial charge >= 0.3 is 0 Å². The Balaban J connectivity index is 2.00. The van der Waals surface area contributed by atoms with E-state index in [-0.39, 0.29) is 0 Å². The third kappa shape index (κ3) is 3.36. The molecule has 1 heterocycles. The predicted molar refractivity (Wildman–Crippen MR) is 70.3 cm³/mol. The van der Waals surface area contributed by atoms with E-state index < -0.39 is 0 Å². The molecule has 0 radical (unpaired) electrons. The highest BCUT2D eigenvalue weighted by Gasteiger charge is 2.19. The van der Waals surface area contributed by atoms with Gasteiger partial charge in [0.2, 0.25) is 0 Å². The van der Waals surface area contributed by atoms with Crippen molar-refractivity contribution in [1.29, 1.82) is 5.26 Å². The fourth-order valence-electron chi connectivity index (χ4n) is 2.24. The summed E-state index contributed by atoms with van der Waals surface area (Å²) >= 11 is 6.00. The average Bonchev–Trinajstić information content (AvgIpc) is 2.37. The maximum absolute atomic E-state index is 8.57. The van der Waals surface area contributed by atoms with Crippen LogP contribution in [0.1, 0.15) is 12.8 Å². The number of anilines is 1. The van der Waals surface area contributed by atoms with Crippen molar-refractivity contribution >= 4 is 17.3 Å². The van der Waals surface area contributed by atoms with Crippen LogP contribution < -0.4 is 10.2 Å². The van der Waals surface area contributed by atoms with Crippen molar-refractivity contribution in [2.24, 2.45) is 0 Å². The monoisotopic (exact) mass is 249 g/mol. The van der Waals surface area contributed by atoms with Crippen LogP contribution in [-0.2, 0) is 0 Å². The maximum Gasteiger partial charge on any atom is 0.0843 e. The maximum atomic E-state index is 8.57. The number of benzene rings is 1. The summed E-state index contributed by atoms with van der Waals surface area (Å²) in [6.45, 7) is 2.43. The summed E-state index contributed by atoms with van der Waals surface area (Å²) in [4.78, 5) is 2.32. The quantitative estimate of drug-likeness (QED) is 0.837. The second-order valence-corrected chi connectivity index (χ2v) is 4.74. The topological polar surface area (TPSA) is 39.1 Å². The summed E-state index contributed by atoms with van der Waals surface area (Å²) in [5.74, 6) is 0. The van der Waals surface area contributed by atoms with E-state index in [1.165, 1.54) is 5.69 Å². The van der Waals surface area contributed by atoms with Gasteiger partial charge in [0, 0.05) is 29.8 Å². The molecule has 3 nitrogen and oxygen atoms in total. The number of halogens is 1. The Labute approximate surface area is 107 Å². The second-order valence-electron chi connectivity index (χ2n) is 4.30. The van der Waals surface area contributed by atoms with Gasteiger partial charge in [-0.05, 0) is 31.0 Å². The smallest absolute Gasteiger partial charge is 0.0843 e. The van der Waals surface area contributed by atoms with Gasteiger partial charge in [0.05, 0.1) is 12.6 Å². The lowest BCUT2D eigenvalue weighted by Gasteiger charge is -2.34. The number of piperidine rings is 1. The fraction of sp³-hybridized carbons (Fsp3) is 0.462. The molecule has 1 fully saturated rings. The zero-order chi connectivity index (χ0) is 12.1. The third-order valence-corrected chi connectivity index (χ3v) is 3.30. The van der Waals surface area contributed by atoms with Crippen LogP contribution >= 0.6 is 11.6 Å². The van der Waals surface area contributed by atoms with Gasteiger partial charge in [-0.15, -0.1) is 0 Å². The first-order valence-corrected chi connectivity index (χ1v) is 6.28. The van der Waals surface area contributed by atoms with Gasteiger partial charge in [-0.3, -0.25) is 5.32 Å². The van der Waals surface area contributed by atoms with Gasteiger partial charge in [0.1, 0.15) is 0 Å². The number of nitrogens with one attached hydrogen (secondary N) is 1. The molecule has 0 spiro atoms. The van der Waals surface area contributed by atoms with Gasteiger partial charge in [0.15, 0.2) is 0 Å². The molecule has 2 rings (SSSR count). The molecule has 17 heavy (non-hydrogen) atoms. The van der Waals surface area contributed by atoms with Crippen LogP contribution in [-0.4, -0.2) is 25.7 Å². The van der Waals surface area contributed by atoms with Gasteiger partial charge in [-0.2, -0.15) is 5.26 Å². The van der Waals surface area contributed by atoms with E-state index >= 15 is 0 Å². The third-order valence-electron chi connectivity index (χ3n) is 3.06. The Hall–Kier alpha value is -1.24. The van der Waals surface area contributed by atoms with Crippen LogP contribution in [0.3, 0.4) is 0 Å². The van der Waals surface area contributed by atoms with E-state index in [0.717, 1.165) is 31.0 Å². The van der Waals surface area contributed by atoms with E-state index in [1.54, 1.807) is 0 Å². The van der Waals surface area contributed by atoms with Crippen molar-refractivity contribution < 1.29 is 0 Å². The highest BCUT2D eigenvalue weighted by molar-refractivity contribution is 6.30. The number of hydrogen-bond donors (Lipinski definition) is 1. The number of hydrogen-bond acceptors (Lipinski definition) is 3. The van der Waals surface area contributed by atoms with E-state index in [1.807, 2.05) is 18.2 Å². The molecule has 0 bridgehead atoms. The Morgan fingerprint density at radius 3 is 3.18 bits per heavy atom. The molecule has 1 saturated heterocycles. The van der Waals surface area contributed by atoms with Crippen molar-refractivity contribution in [1.82, 2.24) is 5.32 Å². The van der Waals surface area contributed by atoms with Crippen molar-refractivity contribution in [2.75, 3.05) is 24.5 Å². The lowest BCUT2D eigenvalue weighted by atomic mass is 10.0. The number of nitriles is 1. The normalized spacial score (nSPS) is 20.0. The molecular formula is C13H16ClN3. The second kappa shape index (κ2) is 5.90. The molecule has 1 unspecified atom stereocenters. The van der Waals surface area contributed by atoms with Crippen LogP contribution in [0, 0.1) is 11.3 Å². The zero-order valence-corrected chi connectivity index (χ0v) is 10.5. The van der Waals surface area contributed by atoms with Crippen LogP contribution in [0.15, 0.2) is 24.3 Å². The summed E-state index contributed by atoms with van der Waals surface area (Å²) in [5.41, 5.74) is 1.17. The van der Waals surface area contributed by atoms with Crippen molar-refractivity contribution in [3.8, 4) is 6.07 Å². The highest BCUT2D eigenvalue weighted by Crippen LogP contribution is 2.22. The first-order chi connectivity index (χ1) is 8.29. The Kier molecular flexibility index (Phi) is 4.24. The van der Waals surface area contributed by atoms with Crippen molar-refractivity contribution in [2.45, 2.75) is 18.9 Å². The molecule has 1 aromatic rings. The number of rotatable bonds is 3. The molecule has 0 aliphatic carbocycles. The summed E-state index contributed by atoms with van der Waals surface area (Å²) in [7, 11) is 0. The molecule has 0 aromatic heterocycles. The Bertz CT molecular complexity index is 413. The Morgan fingerprint density at radius 1 is 1.53 bits per heavy atom. The minimum Gasteiger partial charge on any atom is -0.370 e. The molecule has 1 atom stereocenters. The molecule has 4 heteroatoms. The first kappa shape index (κ1) is 12.2. The molecule has 90 valence electrons. The highest BCUT2D eigenvalue weighted by atomic mass is 35.5.